The molecule has 0 aromatic carbocycles. The average Bonchev–Trinajstić information content (AvgIpc) is 2.74. The molecule has 5 nitrogen and oxygen atoms in total. The molecule has 2 aromatic heterocycles. The third-order valence-electron chi connectivity index (χ3n) is 2.70. The average molecular weight is 216 g/mol. The normalized spacial score (nSPS) is 16.6. The highest BCUT2D eigenvalue weighted by Gasteiger charge is 2.09. The molecule has 0 aliphatic carbocycles. The Labute approximate surface area is 92.6 Å². The van der Waals surface area contributed by atoms with Crippen molar-refractivity contribution in [1.29, 1.82) is 0 Å². The minimum absolute atomic E-state index is 0.668. The molecule has 1 fully saturated rings. The van der Waals surface area contributed by atoms with Crippen LogP contribution < -0.4 is 0 Å². The molecule has 0 radical (unpaired) electrons. The van der Waals surface area contributed by atoms with E-state index in [9.17, 15) is 0 Å². The van der Waals surface area contributed by atoms with Gasteiger partial charge >= 0.3 is 0 Å². The molecule has 5 heteroatoms. The molecular weight excluding hydrogens is 204 g/mol. The summed E-state index contributed by atoms with van der Waals surface area (Å²) in [4.78, 5) is 8.41. The lowest BCUT2D eigenvalue weighted by molar-refractivity contribution is 0.119. The van der Waals surface area contributed by atoms with Crippen LogP contribution in [0.5, 0.6) is 0 Å². The molecule has 0 atom stereocenters. The van der Waals surface area contributed by atoms with E-state index in [1.54, 1.807) is 12.4 Å². The molecule has 0 saturated carbocycles. The second kappa shape index (κ2) is 4.02. The highest BCUT2D eigenvalue weighted by molar-refractivity contribution is 5.79. The predicted molar refractivity (Wildman–Crippen MR) is 59.7 cm³/mol. The quantitative estimate of drug-likeness (QED) is 0.785. The van der Waals surface area contributed by atoms with Gasteiger partial charge in [0.2, 0.25) is 0 Å². The van der Waals surface area contributed by atoms with Crippen molar-refractivity contribution < 1.29 is 4.74 Å². The molecule has 16 heavy (non-hydrogen) atoms. The van der Waals surface area contributed by atoms with Gasteiger partial charge in [-0.25, -0.2) is 9.97 Å². The number of aromatic nitrogens is 4. The minimum atomic E-state index is 0.668. The van der Waals surface area contributed by atoms with Crippen molar-refractivity contribution in [3.8, 4) is 0 Å². The first kappa shape index (κ1) is 9.47. The van der Waals surface area contributed by atoms with E-state index >= 15 is 0 Å². The SMILES string of the molecule is C(=C1CCOCC1)c1[nH]nc2nccnc12. The van der Waals surface area contributed by atoms with E-state index < -0.39 is 0 Å². The monoisotopic (exact) mass is 216 g/mol. The second-order valence-electron chi connectivity index (χ2n) is 3.78. The molecule has 0 amide bonds. The van der Waals surface area contributed by atoms with Gasteiger partial charge < -0.3 is 4.74 Å². The van der Waals surface area contributed by atoms with Crippen molar-refractivity contribution in [2.24, 2.45) is 0 Å². The van der Waals surface area contributed by atoms with Gasteiger partial charge in [-0.2, -0.15) is 5.10 Å². The van der Waals surface area contributed by atoms with Gasteiger partial charge in [0.05, 0.1) is 18.9 Å². The Morgan fingerprint density at radius 1 is 1.19 bits per heavy atom. The summed E-state index contributed by atoms with van der Waals surface area (Å²) in [5.41, 5.74) is 3.82. The molecule has 1 aliphatic heterocycles. The number of aromatic amines is 1. The number of fused-ring (bicyclic) bond motifs is 1. The Bertz CT molecular complexity index is 524. The van der Waals surface area contributed by atoms with E-state index in [1.165, 1.54) is 5.57 Å². The highest BCUT2D eigenvalue weighted by atomic mass is 16.5. The summed E-state index contributed by atoms with van der Waals surface area (Å²) in [6.45, 7) is 1.62. The van der Waals surface area contributed by atoms with Crippen molar-refractivity contribution in [1.82, 2.24) is 20.2 Å². The van der Waals surface area contributed by atoms with Crippen molar-refractivity contribution in [2.75, 3.05) is 13.2 Å². The summed E-state index contributed by atoms with van der Waals surface area (Å²) < 4.78 is 5.31. The van der Waals surface area contributed by atoms with Crippen LogP contribution in [0.4, 0.5) is 0 Å². The number of H-pyrrole nitrogens is 1. The molecule has 1 N–H and O–H groups in total. The Hall–Kier alpha value is -1.75. The highest BCUT2D eigenvalue weighted by Crippen LogP contribution is 2.19. The summed E-state index contributed by atoms with van der Waals surface area (Å²) >= 11 is 0. The van der Waals surface area contributed by atoms with Crippen LogP contribution in [0.15, 0.2) is 18.0 Å². The maximum Gasteiger partial charge on any atom is 0.200 e. The van der Waals surface area contributed by atoms with Gasteiger partial charge in [-0.3, -0.25) is 5.10 Å². The van der Waals surface area contributed by atoms with Crippen molar-refractivity contribution in [3.63, 3.8) is 0 Å². The van der Waals surface area contributed by atoms with Crippen LogP contribution in [0.3, 0.4) is 0 Å². The van der Waals surface area contributed by atoms with Gasteiger partial charge in [0, 0.05) is 12.4 Å². The molecular formula is C11H12N4O. The fourth-order valence-corrected chi connectivity index (χ4v) is 1.85. The number of nitrogens with zero attached hydrogens (tertiary/aromatic N) is 3. The lowest BCUT2D eigenvalue weighted by Crippen LogP contribution is -2.07. The molecule has 1 saturated heterocycles. The molecule has 0 unspecified atom stereocenters. The van der Waals surface area contributed by atoms with Crippen LogP contribution in [0, 0.1) is 0 Å². The Morgan fingerprint density at radius 3 is 2.88 bits per heavy atom. The van der Waals surface area contributed by atoms with Gasteiger partial charge in [0.1, 0.15) is 5.52 Å². The maximum atomic E-state index is 5.31. The number of rotatable bonds is 1. The fraction of sp³-hybridized carbons (Fsp3) is 0.364. The van der Waals surface area contributed by atoms with Crippen LogP contribution in [0.1, 0.15) is 18.5 Å². The summed E-state index contributed by atoms with van der Waals surface area (Å²) in [6.07, 6.45) is 7.42. The first-order chi connectivity index (χ1) is 7.93. The third kappa shape index (κ3) is 1.69. The second-order valence-corrected chi connectivity index (χ2v) is 3.78. The molecule has 3 rings (SSSR count). The molecule has 0 spiro atoms. The van der Waals surface area contributed by atoms with Crippen LogP contribution in [-0.2, 0) is 4.74 Å². The number of nitrogens with one attached hydrogen (secondary N) is 1. The first-order valence-electron chi connectivity index (χ1n) is 5.36. The summed E-state index contributed by atoms with van der Waals surface area (Å²) in [5, 5.41) is 7.08. The summed E-state index contributed by atoms with van der Waals surface area (Å²) in [7, 11) is 0. The van der Waals surface area contributed by atoms with Gasteiger partial charge in [0.15, 0.2) is 5.65 Å². The van der Waals surface area contributed by atoms with Crippen LogP contribution in [0.25, 0.3) is 17.2 Å². The van der Waals surface area contributed by atoms with E-state index in [1.807, 2.05) is 0 Å². The zero-order valence-corrected chi connectivity index (χ0v) is 8.81. The lowest BCUT2D eigenvalue weighted by atomic mass is 10.1. The summed E-state index contributed by atoms with van der Waals surface area (Å²) in [5.74, 6) is 0. The van der Waals surface area contributed by atoms with Crippen molar-refractivity contribution >= 4 is 17.2 Å². The lowest BCUT2D eigenvalue weighted by Gasteiger charge is -2.13. The van der Waals surface area contributed by atoms with E-state index in [-0.39, 0.29) is 0 Å². The van der Waals surface area contributed by atoms with Gasteiger partial charge in [-0.1, -0.05) is 5.57 Å². The number of ether oxygens (including phenoxy) is 1. The fourth-order valence-electron chi connectivity index (χ4n) is 1.85. The minimum Gasteiger partial charge on any atom is -0.381 e. The Morgan fingerprint density at radius 2 is 2.00 bits per heavy atom. The van der Waals surface area contributed by atoms with Crippen LogP contribution >= 0.6 is 0 Å². The molecule has 2 aromatic rings. The molecule has 0 bridgehead atoms. The maximum absolute atomic E-state index is 5.31. The zero-order chi connectivity index (χ0) is 10.8. The largest absolute Gasteiger partial charge is 0.381 e. The predicted octanol–water partition coefficient (Wildman–Crippen LogP) is 1.55. The van der Waals surface area contributed by atoms with Crippen LogP contribution in [0.2, 0.25) is 0 Å². The van der Waals surface area contributed by atoms with Gasteiger partial charge in [-0.05, 0) is 18.9 Å². The van der Waals surface area contributed by atoms with Crippen molar-refractivity contribution in [3.05, 3.63) is 23.7 Å². The summed E-state index contributed by atoms with van der Waals surface area (Å²) in [6, 6.07) is 0. The third-order valence-corrected chi connectivity index (χ3v) is 2.70. The smallest absolute Gasteiger partial charge is 0.200 e. The van der Waals surface area contributed by atoms with E-state index in [0.717, 1.165) is 37.3 Å². The number of hydrogen-bond acceptors (Lipinski definition) is 4. The van der Waals surface area contributed by atoms with Gasteiger partial charge in [0.25, 0.3) is 0 Å². The molecule has 82 valence electrons. The first-order valence-corrected chi connectivity index (χ1v) is 5.36. The molecule has 3 heterocycles. The van der Waals surface area contributed by atoms with E-state index in [2.05, 4.69) is 26.2 Å². The van der Waals surface area contributed by atoms with E-state index in [0.29, 0.717) is 5.65 Å². The zero-order valence-electron chi connectivity index (χ0n) is 8.81. The Balaban J connectivity index is 1.99. The number of hydrogen-bond donors (Lipinski definition) is 1. The standard InChI is InChI=1S/C11H12N4O/c1-5-16-6-2-8(1)7-9-10-11(15-14-9)13-4-3-12-10/h3-4,7H,1-2,5-6H2,(H,13,14,15). The topological polar surface area (TPSA) is 63.7 Å². The van der Waals surface area contributed by atoms with Crippen molar-refractivity contribution in [2.45, 2.75) is 12.8 Å². The van der Waals surface area contributed by atoms with E-state index in [4.69, 9.17) is 4.74 Å². The Kier molecular flexibility index (Phi) is 2.38. The van der Waals surface area contributed by atoms with Crippen LogP contribution in [-0.4, -0.2) is 33.4 Å². The molecule has 1 aliphatic rings. The van der Waals surface area contributed by atoms with Gasteiger partial charge in [-0.15, -0.1) is 0 Å².